The first-order chi connectivity index (χ1) is 9.36. The summed E-state index contributed by atoms with van der Waals surface area (Å²) in [4.78, 5) is 16.8. The summed E-state index contributed by atoms with van der Waals surface area (Å²) in [5, 5.41) is 2.69. The van der Waals surface area contributed by atoms with Crippen LogP contribution in [-0.2, 0) is 12.7 Å². The second kappa shape index (κ2) is 5.36. The average molecular weight is 283 g/mol. The van der Waals surface area contributed by atoms with Gasteiger partial charge >= 0.3 is 6.18 Å². The molecule has 2 N–H and O–H groups in total. The summed E-state index contributed by atoms with van der Waals surface area (Å²) in [6, 6.07) is 7.85. The minimum Gasteiger partial charge on any atom is -0.352 e. The SMILES string of the molecule is Cc1ccccc1CNc1nc(C(F)(F)F)cc(=O)[nH]1. The molecule has 2 rings (SSSR count). The van der Waals surface area contributed by atoms with Gasteiger partial charge in [-0.2, -0.15) is 13.2 Å². The zero-order valence-corrected chi connectivity index (χ0v) is 10.6. The molecule has 0 spiro atoms. The molecule has 0 radical (unpaired) electrons. The summed E-state index contributed by atoms with van der Waals surface area (Å²) in [6.07, 6.45) is -4.65. The van der Waals surface area contributed by atoms with E-state index < -0.39 is 17.4 Å². The maximum atomic E-state index is 12.5. The number of aryl methyl sites for hydroxylation is 1. The van der Waals surface area contributed by atoms with Gasteiger partial charge in [-0.05, 0) is 18.1 Å². The Hall–Kier alpha value is -2.31. The van der Waals surface area contributed by atoms with E-state index in [1.165, 1.54) is 0 Å². The Bertz CT molecular complexity index is 664. The van der Waals surface area contributed by atoms with Gasteiger partial charge in [0.25, 0.3) is 5.56 Å². The Balaban J connectivity index is 2.20. The number of halogens is 3. The fourth-order valence-electron chi connectivity index (χ4n) is 1.67. The number of anilines is 1. The van der Waals surface area contributed by atoms with Crippen LogP contribution in [0.2, 0.25) is 0 Å². The molecule has 0 fully saturated rings. The zero-order valence-electron chi connectivity index (χ0n) is 10.6. The van der Waals surface area contributed by atoms with Crippen molar-refractivity contribution >= 4 is 5.95 Å². The summed E-state index contributed by atoms with van der Waals surface area (Å²) >= 11 is 0. The highest BCUT2D eigenvalue weighted by Crippen LogP contribution is 2.26. The maximum absolute atomic E-state index is 12.5. The molecule has 0 saturated carbocycles. The van der Waals surface area contributed by atoms with E-state index >= 15 is 0 Å². The highest BCUT2D eigenvalue weighted by Gasteiger charge is 2.33. The Morgan fingerprint density at radius 1 is 1.30 bits per heavy atom. The molecular weight excluding hydrogens is 271 g/mol. The Labute approximate surface area is 112 Å². The van der Waals surface area contributed by atoms with E-state index in [0.717, 1.165) is 11.1 Å². The van der Waals surface area contributed by atoms with Crippen molar-refractivity contribution < 1.29 is 13.2 Å². The van der Waals surface area contributed by atoms with Crippen LogP contribution < -0.4 is 10.9 Å². The summed E-state index contributed by atoms with van der Waals surface area (Å²) in [5.41, 5.74) is -0.157. The number of rotatable bonds is 3. The number of alkyl halides is 3. The van der Waals surface area contributed by atoms with Crippen molar-refractivity contribution in [2.45, 2.75) is 19.6 Å². The number of aromatic amines is 1. The van der Waals surface area contributed by atoms with Crippen molar-refractivity contribution in [2.75, 3.05) is 5.32 Å². The number of benzene rings is 1. The fourth-order valence-corrected chi connectivity index (χ4v) is 1.67. The molecular formula is C13H12F3N3O. The van der Waals surface area contributed by atoms with E-state index in [-0.39, 0.29) is 12.5 Å². The number of H-pyrrole nitrogens is 1. The molecule has 7 heteroatoms. The topological polar surface area (TPSA) is 57.8 Å². The molecule has 20 heavy (non-hydrogen) atoms. The third-order valence-electron chi connectivity index (χ3n) is 2.74. The third kappa shape index (κ3) is 3.37. The van der Waals surface area contributed by atoms with Crippen molar-refractivity contribution in [2.24, 2.45) is 0 Å². The first kappa shape index (κ1) is 14.1. The van der Waals surface area contributed by atoms with Gasteiger partial charge in [0.2, 0.25) is 5.95 Å². The van der Waals surface area contributed by atoms with Crippen LogP contribution in [0.25, 0.3) is 0 Å². The lowest BCUT2D eigenvalue weighted by atomic mass is 10.1. The van der Waals surface area contributed by atoms with Crippen molar-refractivity contribution in [3.8, 4) is 0 Å². The highest BCUT2D eigenvalue weighted by molar-refractivity contribution is 5.32. The van der Waals surface area contributed by atoms with Crippen molar-refractivity contribution in [3.05, 3.63) is 57.5 Å². The van der Waals surface area contributed by atoms with Crippen LogP contribution >= 0.6 is 0 Å². The van der Waals surface area contributed by atoms with Gasteiger partial charge in [0.05, 0.1) is 0 Å². The molecule has 1 aromatic heterocycles. The van der Waals surface area contributed by atoms with Gasteiger partial charge in [0.1, 0.15) is 0 Å². The van der Waals surface area contributed by atoms with Crippen LogP contribution in [0.5, 0.6) is 0 Å². The molecule has 2 aromatic rings. The van der Waals surface area contributed by atoms with Gasteiger partial charge in [-0.1, -0.05) is 24.3 Å². The predicted molar refractivity (Wildman–Crippen MR) is 68.4 cm³/mol. The molecule has 0 unspecified atom stereocenters. The van der Waals surface area contributed by atoms with E-state index in [9.17, 15) is 18.0 Å². The van der Waals surface area contributed by atoms with E-state index in [2.05, 4.69) is 15.3 Å². The standard InChI is InChI=1S/C13H12F3N3O/c1-8-4-2-3-5-9(8)7-17-12-18-10(13(14,15)16)6-11(20)19-12/h2-6H,7H2,1H3,(H2,17,18,19,20). The maximum Gasteiger partial charge on any atom is 0.433 e. The van der Waals surface area contributed by atoms with Crippen LogP contribution in [-0.4, -0.2) is 9.97 Å². The Kier molecular flexibility index (Phi) is 3.78. The first-order valence-corrected chi connectivity index (χ1v) is 5.83. The molecule has 106 valence electrons. The summed E-state index contributed by atoms with van der Waals surface area (Å²) < 4.78 is 37.6. The summed E-state index contributed by atoms with van der Waals surface area (Å²) in [6.45, 7) is 2.16. The molecule has 0 aliphatic carbocycles. The lowest BCUT2D eigenvalue weighted by Crippen LogP contribution is -2.18. The molecule has 4 nitrogen and oxygen atoms in total. The Morgan fingerprint density at radius 3 is 2.65 bits per heavy atom. The first-order valence-electron chi connectivity index (χ1n) is 5.83. The normalized spacial score (nSPS) is 11.4. The number of nitrogens with one attached hydrogen (secondary N) is 2. The van der Waals surface area contributed by atoms with E-state index in [1.54, 1.807) is 0 Å². The molecule has 1 aromatic carbocycles. The summed E-state index contributed by atoms with van der Waals surface area (Å²) in [5.74, 6) is -0.201. The number of hydrogen-bond acceptors (Lipinski definition) is 3. The number of hydrogen-bond donors (Lipinski definition) is 2. The largest absolute Gasteiger partial charge is 0.433 e. The quantitative estimate of drug-likeness (QED) is 0.910. The smallest absolute Gasteiger partial charge is 0.352 e. The van der Waals surface area contributed by atoms with Crippen LogP contribution in [0, 0.1) is 6.92 Å². The third-order valence-corrected chi connectivity index (χ3v) is 2.74. The van der Waals surface area contributed by atoms with Gasteiger partial charge < -0.3 is 5.32 Å². The zero-order chi connectivity index (χ0) is 14.8. The molecule has 0 amide bonds. The van der Waals surface area contributed by atoms with Crippen molar-refractivity contribution in [1.82, 2.24) is 9.97 Å². The van der Waals surface area contributed by atoms with Gasteiger partial charge in [-0.15, -0.1) is 0 Å². The molecule has 0 atom stereocenters. The molecule has 1 heterocycles. The minimum atomic E-state index is -4.65. The molecule has 0 saturated heterocycles. The monoisotopic (exact) mass is 283 g/mol. The molecule has 0 aliphatic rings. The van der Waals surface area contributed by atoms with E-state index in [1.807, 2.05) is 31.2 Å². The van der Waals surface area contributed by atoms with E-state index in [0.29, 0.717) is 6.07 Å². The molecule has 0 bridgehead atoms. The van der Waals surface area contributed by atoms with Crippen molar-refractivity contribution in [3.63, 3.8) is 0 Å². The lowest BCUT2D eigenvalue weighted by molar-refractivity contribution is -0.141. The van der Waals surface area contributed by atoms with Crippen molar-refractivity contribution in [1.29, 1.82) is 0 Å². The lowest BCUT2D eigenvalue weighted by Gasteiger charge is -2.10. The second-order valence-electron chi connectivity index (χ2n) is 4.26. The summed E-state index contributed by atoms with van der Waals surface area (Å²) in [7, 11) is 0. The fraction of sp³-hybridized carbons (Fsp3) is 0.231. The average Bonchev–Trinajstić information content (AvgIpc) is 2.36. The number of nitrogens with zero attached hydrogens (tertiary/aromatic N) is 1. The van der Waals surface area contributed by atoms with Gasteiger partial charge in [0.15, 0.2) is 5.69 Å². The predicted octanol–water partition coefficient (Wildman–Crippen LogP) is 2.71. The van der Waals surface area contributed by atoms with E-state index in [4.69, 9.17) is 0 Å². The minimum absolute atomic E-state index is 0.201. The molecule has 0 aliphatic heterocycles. The van der Waals surface area contributed by atoms with Gasteiger partial charge in [-0.3, -0.25) is 9.78 Å². The Morgan fingerprint density at radius 2 is 2.00 bits per heavy atom. The van der Waals surface area contributed by atoms with Crippen LogP contribution in [0.15, 0.2) is 35.1 Å². The number of aromatic nitrogens is 2. The second-order valence-corrected chi connectivity index (χ2v) is 4.26. The van der Waals surface area contributed by atoms with Crippen LogP contribution in [0.3, 0.4) is 0 Å². The van der Waals surface area contributed by atoms with Crippen LogP contribution in [0.4, 0.5) is 19.1 Å². The highest BCUT2D eigenvalue weighted by atomic mass is 19.4. The van der Waals surface area contributed by atoms with Crippen LogP contribution in [0.1, 0.15) is 16.8 Å². The van der Waals surface area contributed by atoms with Gasteiger partial charge in [-0.25, -0.2) is 4.98 Å². The van der Waals surface area contributed by atoms with Gasteiger partial charge in [0, 0.05) is 12.6 Å².